The zero-order chi connectivity index (χ0) is 10.9. The van der Waals surface area contributed by atoms with Gasteiger partial charge in [-0.25, -0.2) is 4.98 Å². The molecule has 0 radical (unpaired) electrons. The molecule has 2 nitrogen and oxygen atoms in total. The highest BCUT2D eigenvalue weighted by Gasteiger charge is 2.32. The van der Waals surface area contributed by atoms with Crippen molar-refractivity contribution >= 4 is 47.8 Å². The second-order valence-corrected chi connectivity index (χ2v) is 4.45. The lowest BCUT2D eigenvalue weighted by atomic mass is 10.4. The fourth-order valence-corrected chi connectivity index (χ4v) is 1.94. The normalized spacial score (nSPS) is 11.6. The van der Waals surface area contributed by atoms with E-state index in [1.165, 1.54) is 0 Å². The van der Waals surface area contributed by atoms with Crippen LogP contribution in [0.5, 0.6) is 5.75 Å². The zero-order valence-corrected chi connectivity index (χ0v) is 11.0. The van der Waals surface area contributed by atoms with Crippen molar-refractivity contribution in [3.05, 3.63) is 19.7 Å². The second kappa shape index (κ2) is 4.36. The molecule has 1 rings (SSSR count). The average molecular weight is 400 g/mol. The molecule has 1 aromatic heterocycles. The number of aromatic nitrogens is 1. The van der Waals surface area contributed by atoms with E-state index in [4.69, 9.17) is 0 Å². The number of nitrogens with zero attached hydrogens (tertiary/aromatic N) is 1. The number of ether oxygens (including phenoxy) is 1. The molecule has 0 fully saturated rings. The minimum absolute atomic E-state index is 0.109. The van der Waals surface area contributed by atoms with Gasteiger partial charge in [0.15, 0.2) is 0 Å². The Bertz CT molecular complexity index is 355. The highest BCUT2D eigenvalue weighted by molar-refractivity contribution is 9.13. The molecule has 0 atom stereocenters. The van der Waals surface area contributed by atoms with Crippen LogP contribution < -0.4 is 4.74 Å². The summed E-state index contributed by atoms with van der Waals surface area (Å²) in [4.78, 5) is 3.80. The van der Waals surface area contributed by atoms with Gasteiger partial charge in [-0.15, -0.1) is 13.2 Å². The maximum Gasteiger partial charge on any atom is 0.573 e. The third-order valence-corrected chi connectivity index (χ3v) is 3.36. The number of rotatable bonds is 1. The zero-order valence-electron chi connectivity index (χ0n) is 6.20. The molecule has 0 bridgehead atoms. The maximum atomic E-state index is 11.9. The summed E-state index contributed by atoms with van der Waals surface area (Å²) in [5.74, 6) is -0.355. The van der Waals surface area contributed by atoms with E-state index in [2.05, 4.69) is 57.5 Å². The molecule has 1 heterocycles. The third-order valence-electron chi connectivity index (χ3n) is 1.08. The monoisotopic (exact) mass is 397 g/mol. The fraction of sp³-hybridized carbons (Fsp3) is 0.167. The Morgan fingerprint density at radius 3 is 2.29 bits per heavy atom. The van der Waals surface area contributed by atoms with Crippen molar-refractivity contribution in [1.82, 2.24) is 4.98 Å². The molecule has 0 spiro atoms. The highest BCUT2D eigenvalue weighted by atomic mass is 79.9. The van der Waals surface area contributed by atoms with Crippen molar-refractivity contribution in [2.45, 2.75) is 6.36 Å². The minimum atomic E-state index is -4.72. The largest absolute Gasteiger partial charge is 0.573 e. The van der Waals surface area contributed by atoms with Crippen LogP contribution in [0.25, 0.3) is 0 Å². The first-order chi connectivity index (χ1) is 6.29. The van der Waals surface area contributed by atoms with Gasteiger partial charge in [-0.1, -0.05) is 0 Å². The van der Waals surface area contributed by atoms with E-state index in [9.17, 15) is 13.2 Å². The molecule has 0 saturated carbocycles. The molecule has 0 unspecified atom stereocenters. The van der Waals surface area contributed by atoms with Gasteiger partial charge in [-0.05, 0) is 47.8 Å². The van der Waals surface area contributed by atoms with Crippen LogP contribution in [0.2, 0.25) is 0 Å². The summed E-state index contributed by atoms with van der Waals surface area (Å²) < 4.78 is 40.0. The fourth-order valence-electron chi connectivity index (χ4n) is 0.647. The van der Waals surface area contributed by atoms with Gasteiger partial charge in [0.2, 0.25) is 0 Å². The lowest BCUT2D eigenvalue weighted by Crippen LogP contribution is -2.17. The van der Waals surface area contributed by atoms with Crippen molar-refractivity contribution in [3.8, 4) is 5.75 Å². The summed E-state index contributed by atoms with van der Waals surface area (Å²) >= 11 is 8.83. The van der Waals surface area contributed by atoms with Crippen molar-refractivity contribution in [3.63, 3.8) is 0 Å². The van der Waals surface area contributed by atoms with Gasteiger partial charge in [-0.3, -0.25) is 0 Å². The standard InChI is InChI=1S/C6HBr3F3NO/c7-3-1-2(14-6(10,11)12)4(8)5(9)13-3/h1H. The smallest absolute Gasteiger partial charge is 0.404 e. The summed E-state index contributed by atoms with van der Waals surface area (Å²) in [5, 5.41) is 0. The minimum Gasteiger partial charge on any atom is -0.404 e. The molecule has 14 heavy (non-hydrogen) atoms. The first-order valence-corrected chi connectivity index (χ1v) is 5.45. The van der Waals surface area contributed by atoms with Crippen LogP contribution in [0.3, 0.4) is 0 Å². The number of hydrogen-bond acceptors (Lipinski definition) is 2. The molecule has 0 aliphatic heterocycles. The van der Waals surface area contributed by atoms with Crippen molar-refractivity contribution in [1.29, 1.82) is 0 Å². The van der Waals surface area contributed by atoms with Gasteiger partial charge >= 0.3 is 6.36 Å². The first-order valence-electron chi connectivity index (χ1n) is 3.07. The van der Waals surface area contributed by atoms with E-state index in [-0.39, 0.29) is 19.4 Å². The lowest BCUT2D eigenvalue weighted by molar-refractivity contribution is -0.275. The summed E-state index contributed by atoms with van der Waals surface area (Å²) in [5.41, 5.74) is 0. The van der Waals surface area contributed by atoms with Gasteiger partial charge in [0.25, 0.3) is 0 Å². The van der Waals surface area contributed by atoms with Gasteiger partial charge < -0.3 is 4.74 Å². The summed E-state index contributed by atoms with van der Waals surface area (Å²) in [6.07, 6.45) is -4.72. The van der Waals surface area contributed by atoms with Crippen molar-refractivity contribution < 1.29 is 17.9 Å². The van der Waals surface area contributed by atoms with E-state index < -0.39 is 6.36 Å². The Labute approximate surface area is 102 Å². The molecule has 0 saturated heterocycles. The molecule has 1 aromatic rings. The summed E-state index contributed by atoms with van der Waals surface area (Å²) in [6.45, 7) is 0. The van der Waals surface area contributed by atoms with Gasteiger partial charge in [0, 0.05) is 6.07 Å². The SMILES string of the molecule is FC(F)(F)Oc1cc(Br)nc(Br)c1Br. The molecular weight excluding hydrogens is 399 g/mol. The van der Waals surface area contributed by atoms with Crippen LogP contribution in [0, 0.1) is 0 Å². The maximum absolute atomic E-state index is 11.9. The number of halogens is 6. The predicted octanol–water partition coefficient (Wildman–Crippen LogP) is 4.27. The average Bonchev–Trinajstić information content (AvgIpc) is 1.96. The number of hydrogen-bond donors (Lipinski definition) is 0. The van der Waals surface area contributed by atoms with E-state index in [0.29, 0.717) is 0 Å². The molecule has 0 aliphatic carbocycles. The van der Waals surface area contributed by atoms with Crippen LogP contribution in [-0.4, -0.2) is 11.3 Å². The third kappa shape index (κ3) is 3.39. The van der Waals surface area contributed by atoms with Crippen LogP contribution in [-0.2, 0) is 0 Å². The van der Waals surface area contributed by atoms with Crippen molar-refractivity contribution in [2.75, 3.05) is 0 Å². The van der Waals surface area contributed by atoms with Gasteiger partial charge in [0.05, 0.1) is 4.47 Å². The Morgan fingerprint density at radius 2 is 1.79 bits per heavy atom. The van der Waals surface area contributed by atoms with Crippen LogP contribution >= 0.6 is 47.8 Å². The first kappa shape index (κ1) is 12.3. The van der Waals surface area contributed by atoms with Gasteiger partial charge in [0.1, 0.15) is 15.0 Å². The predicted molar refractivity (Wildman–Crippen MR) is 54.0 cm³/mol. The van der Waals surface area contributed by atoms with E-state index in [1.54, 1.807) is 0 Å². The Balaban J connectivity index is 3.09. The Hall–Kier alpha value is 0.180. The molecule has 78 valence electrons. The molecule has 0 aliphatic rings. The summed E-state index contributed by atoms with van der Waals surface area (Å²) in [6, 6.07) is 1.11. The van der Waals surface area contributed by atoms with E-state index >= 15 is 0 Å². The highest BCUT2D eigenvalue weighted by Crippen LogP contribution is 2.36. The second-order valence-electron chi connectivity index (χ2n) is 2.10. The molecule has 8 heteroatoms. The van der Waals surface area contributed by atoms with E-state index in [1.807, 2.05) is 0 Å². The lowest BCUT2D eigenvalue weighted by Gasteiger charge is -2.11. The number of pyridine rings is 1. The molecule has 0 aromatic carbocycles. The van der Waals surface area contributed by atoms with E-state index in [0.717, 1.165) is 6.07 Å². The van der Waals surface area contributed by atoms with Gasteiger partial charge in [-0.2, -0.15) is 0 Å². The quantitative estimate of drug-likeness (QED) is 0.658. The Morgan fingerprint density at radius 1 is 1.21 bits per heavy atom. The van der Waals surface area contributed by atoms with Crippen LogP contribution in [0.4, 0.5) is 13.2 Å². The Kier molecular flexibility index (Phi) is 3.81. The van der Waals surface area contributed by atoms with Crippen LogP contribution in [0.1, 0.15) is 0 Å². The summed E-state index contributed by atoms with van der Waals surface area (Å²) in [7, 11) is 0. The molecular formula is C6HBr3F3NO. The van der Waals surface area contributed by atoms with Crippen molar-refractivity contribution in [2.24, 2.45) is 0 Å². The molecule has 0 amide bonds. The van der Waals surface area contributed by atoms with Crippen LogP contribution in [0.15, 0.2) is 19.7 Å². The number of alkyl halides is 3. The molecule has 0 N–H and O–H groups in total. The topological polar surface area (TPSA) is 22.1 Å².